The minimum absolute atomic E-state index is 1.01. The number of fused-ring (bicyclic) bond motifs is 1. The molecule has 0 aliphatic heterocycles. The number of allylic oxidation sites excluding steroid dienone is 4. The Balaban J connectivity index is 1.02. The first-order valence-electron chi connectivity index (χ1n) is 19.0. The lowest BCUT2D eigenvalue weighted by Crippen LogP contribution is -2.17. The SMILES string of the molecule is CN(C1=CC=C(c2ccc(N(c3ccccc3)c3ccc(N(c4ccccc4)c4cccc(-c5cccc6c5CC6)c4)cc3)cc2)CC1)c1ccccc1. The van der Waals surface area contributed by atoms with Crippen LogP contribution in [0.5, 0.6) is 0 Å². The Morgan fingerprint density at radius 1 is 0.370 bits per heavy atom. The number of para-hydroxylation sites is 3. The van der Waals surface area contributed by atoms with Crippen molar-refractivity contribution in [3.05, 3.63) is 217 Å². The van der Waals surface area contributed by atoms with Crippen molar-refractivity contribution in [3.8, 4) is 11.1 Å². The second-order valence-electron chi connectivity index (χ2n) is 14.1. The van der Waals surface area contributed by atoms with Crippen LogP contribution in [-0.4, -0.2) is 7.05 Å². The molecule has 0 N–H and O–H groups in total. The molecule has 2 aliphatic rings. The van der Waals surface area contributed by atoms with Crippen LogP contribution >= 0.6 is 0 Å². The molecular weight excluding hydrogens is 655 g/mol. The molecule has 7 aromatic carbocycles. The minimum atomic E-state index is 1.01. The van der Waals surface area contributed by atoms with Crippen LogP contribution in [0, 0.1) is 0 Å². The molecular formula is C51H43N3. The molecule has 0 bridgehead atoms. The molecule has 0 atom stereocenters. The number of benzene rings is 7. The molecule has 7 aromatic rings. The summed E-state index contributed by atoms with van der Waals surface area (Å²) in [6.45, 7) is 0. The zero-order valence-electron chi connectivity index (χ0n) is 30.6. The van der Waals surface area contributed by atoms with Crippen molar-refractivity contribution in [1.82, 2.24) is 0 Å². The van der Waals surface area contributed by atoms with E-state index in [0.717, 1.165) is 53.4 Å². The molecule has 9 rings (SSSR count). The Kier molecular flexibility index (Phi) is 9.12. The second-order valence-corrected chi connectivity index (χ2v) is 14.1. The van der Waals surface area contributed by atoms with Gasteiger partial charge < -0.3 is 14.7 Å². The first kappa shape index (κ1) is 33.3. The quantitative estimate of drug-likeness (QED) is 0.141. The van der Waals surface area contributed by atoms with Crippen LogP contribution in [0.3, 0.4) is 0 Å². The van der Waals surface area contributed by atoms with E-state index < -0.39 is 0 Å². The third-order valence-corrected chi connectivity index (χ3v) is 10.9. The van der Waals surface area contributed by atoms with Crippen molar-refractivity contribution in [2.45, 2.75) is 25.7 Å². The van der Waals surface area contributed by atoms with Gasteiger partial charge in [-0.05, 0) is 150 Å². The first-order chi connectivity index (χ1) is 26.7. The minimum Gasteiger partial charge on any atom is -0.348 e. The number of aryl methyl sites for hydroxylation is 1. The van der Waals surface area contributed by atoms with E-state index in [-0.39, 0.29) is 0 Å². The largest absolute Gasteiger partial charge is 0.348 e. The lowest BCUT2D eigenvalue weighted by Gasteiger charge is -2.29. The Morgan fingerprint density at radius 3 is 1.44 bits per heavy atom. The number of rotatable bonds is 10. The maximum atomic E-state index is 2.36. The highest BCUT2D eigenvalue weighted by Gasteiger charge is 2.20. The smallest absolute Gasteiger partial charge is 0.0467 e. The van der Waals surface area contributed by atoms with Crippen LogP contribution in [0.2, 0.25) is 0 Å². The second kappa shape index (κ2) is 14.8. The van der Waals surface area contributed by atoms with Crippen LogP contribution in [-0.2, 0) is 12.8 Å². The van der Waals surface area contributed by atoms with Crippen molar-refractivity contribution >= 4 is 45.4 Å². The van der Waals surface area contributed by atoms with E-state index in [1.54, 1.807) is 0 Å². The number of anilines is 7. The van der Waals surface area contributed by atoms with Crippen LogP contribution in [0.1, 0.15) is 29.5 Å². The van der Waals surface area contributed by atoms with Gasteiger partial charge in [-0.25, -0.2) is 0 Å². The summed E-state index contributed by atoms with van der Waals surface area (Å²) in [5, 5.41) is 0. The van der Waals surface area contributed by atoms with E-state index in [1.807, 2.05) is 0 Å². The molecule has 0 amide bonds. The fourth-order valence-electron chi connectivity index (χ4n) is 7.92. The molecule has 262 valence electrons. The van der Waals surface area contributed by atoms with E-state index in [2.05, 4.69) is 216 Å². The highest BCUT2D eigenvalue weighted by molar-refractivity contribution is 5.84. The average molecular weight is 698 g/mol. The maximum Gasteiger partial charge on any atom is 0.0467 e. The Morgan fingerprint density at radius 2 is 0.889 bits per heavy atom. The summed E-state index contributed by atoms with van der Waals surface area (Å²) in [6.07, 6.45) is 8.93. The van der Waals surface area contributed by atoms with Gasteiger partial charge in [-0.15, -0.1) is 0 Å². The molecule has 0 saturated heterocycles. The molecule has 0 heterocycles. The van der Waals surface area contributed by atoms with Gasteiger partial charge in [0.2, 0.25) is 0 Å². The average Bonchev–Trinajstić information content (AvgIpc) is 3.23. The lowest BCUT2D eigenvalue weighted by molar-refractivity contribution is 0.842. The molecule has 0 unspecified atom stereocenters. The van der Waals surface area contributed by atoms with Gasteiger partial charge in [0.25, 0.3) is 0 Å². The van der Waals surface area contributed by atoms with Gasteiger partial charge in [0, 0.05) is 52.6 Å². The number of hydrogen-bond donors (Lipinski definition) is 0. The van der Waals surface area contributed by atoms with Gasteiger partial charge in [-0.3, -0.25) is 0 Å². The van der Waals surface area contributed by atoms with Gasteiger partial charge in [0.1, 0.15) is 0 Å². The third kappa shape index (κ3) is 6.61. The molecule has 3 heteroatoms. The van der Waals surface area contributed by atoms with Gasteiger partial charge in [-0.1, -0.05) is 103 Å². The lowest BCUT2D eigenvalue weighted by atomic mass is 9.82. The zero-order valence-corrected chi connectivity index (χ0v) is 30.6. The Hall–Kier alpha value is -6.58. The standard InChI is InChI=1S/C51H43N3/c1-52(42-15-5-2-6-16-42)43-28-23-38(24-29-43)39-25-30-46(31-26-39)53(44-17-7-3-8-18-44)47-32-34-48(35-33-47)54(45-19-9-4-10-20-45)49-21-11-14-41(37-49)50-22-12-13-40-27-36-51(40)50/h2-23,25-26,28,30-35,37H,24,27,29,36H2,1H3. The number of hydrogen-bond acceptors (Lipinski definition) is 3. The summed E-state index contributed by atoms with van der Waals surface area (Å²) < 4.78 is 0. The zero-order chi connectivity index (χ0) is 36.3. The summed E-state index contributed by atoms with van der Waals surface area (Å²) >= 11 is 0. The Labute approximate surface area is 319 Å². The molecule has 2 aliphatic carbocycles. The fourth-order valence-corrected chi connectivity index (χ4v) is 7.92. The first-order valence-corrected chi connectivity index (χ1v) is 19.0. The maximum absolute atomic E-state index is 2.36. The summed E-state index contributed by atoms with van der Waals surface area (Å²) in [6, 6.07) is 65.7. The van der Waals surface area contributed by atoms with Gasteiger partial charge in [0.15, 0.2) is 0 Å². The van der Waals surface area contributed by atoms with Gasteiger partial charge >= 0.3 is 0 Å². The van der Waals surface area contributed by atoms with Gasteiger partial charge in [0.05, 0.1) is 0 Å². The molecule has 54 heavy (non-hydrogen) atoms. The van der Waals surface area contributed by atoms with Crippen molar-refractivity contribution < 1.29 is 0 Å². The van der Waals surface area contributed by atoms with Crippen molar-refractivity contribution in [1.29, 1.82) is 0 Å². The van der Waals surface area contributed by atoms with Crippen LogP contribution in [0.15, 0.2) is 200 Å². The molecule has 0 aromatic heterocycles. The van der Waals surface area contributed by atoms with E-state index in [0.29, 0.717) is 0 Å². The highest BCUT2D eigenvalue weighted by Crippen LogP contribution is 2.42. The van der Waals surface area contributed by atoms with Gasteiger partial charge in [-0.2, -0.15) is 0 Å². The van der Waals surface area contributed by atoms with E-state index in [4.69, 9.17) is 0 Å². The van der Waals surface area contributed by atoms with E-state index >= 15 is 0 Å². The molecule has 3 nitrogen and oxygen atoms in total. The summed E-state index contributed by atoms with van der Waals surface area (Å²) in [5.41, 5.74) is 17.5. The molecule has 0 radical (unpaired) electrons. The van der Waals surface area contributed by atoms with Crippen LogP contribution < -0.4 is 14.7 Å². The normalized spacial score (nSPS) is 13.2. The van der Waals surface area contributed by atoms with E-state index in [9.17, 15) is 0 Å². The van der Waals surface area contributed by atoms with Crippen molar-refractivity contribution in [2.24, 2.45) is 0 Å². The Bertz CT molecular complexity index is 2430. The van der Waals surface area contributed by atoms with E-state index in [1.165, 1.54) is 51.2 Å². The summed E-state index contributed by atoms with van der Waals surface area (Å²) in [5.74, 6) is 0. The molecule has 0 fully saturated rings. The number of nitrogens with zero attached hydrogens (tertiary/aromatic N) is 3. The van der Waals surface area contributed by atoms with Crippen molar-refractivity contribution in [3.63, 3.8) is 0 Å². The predicted molar refractivity (Wildman–Crippen MR) is 229 cm³/mol. The highest BCUT2D eigenvalue weighted by atomic mass is 15.2. The van der Waals surface area contributed by atoms with Crippen LogP contribution in [0.25, 0.3) is 16.7 Å². The monoisotopic (exact) mass is 697 g/mol. The van der Waals surface area contributed by atoms with Crippen molar-refractivity contribution in [2.75, 3.05) is 21.7 Å². The topological polar surface area (TPSA) is 9.72 Å². The summed E-state index contributed by atoms with van der Waals surface area (Å²) in [4.78, 5) is 7.00. The third-order valence-electron chi connectivity index (χ3n) is 10.9. The predicted octanol–water partition coefficient (Wildman–Crippen LogP) is 13.6. The fraction of sp³-hybridized carbons (Fsp3) is 0.0980. The van der Waals surface area contributed by atoms with Crippen LogP contribution in [0.4, 0.5) is 39.8 Å². The molecule has 0 saturated carbocycles. The summed E-state index contributed by atoms with van der Waals surface area (Å²) in [7, 11) is 2.16. The molecule has 0 spiro atoms.